The molecule has 0 spiro atoms. The third-order valence-corrected chi connectivity index (χ3v) is 11.7. The minimum atomic E-state index is -1.82. The number of aliphatic imine (C=N–C) groups is 1. The van der Waals surface area contributed by atoms with Gasteiger partial charge < -0.3 is 24.4 Å². The minimum Gasteiger partial charge on any atom is -0.507 e. The Morgan fingerprint density at radius 3 is 1.63 bits per heavy atom. The van der Waals surface area contributed by atoms with E-state index in [-0.39, 0.29) is 23.2 Å². The Bertz CT molecular complexity index is 1910. The second kappa shape index (κ2) is 24.3. The van der Waals surface area contributed by atoms with Crippen LogP contribution in [0.2, 0.25) is 0 Å². The molecule has 0 bridgehead atoms. The first-order valence-electron chi connectivity index (χ1n) is 23.5. The van der Waals surface area contributed by atoms with Crippen molar-refractivity contribution in [3.8, 4) is 17.2 Å². The highest BCUT2D eigenvalue weighted by molar-refractivity contribution is 5.93. The number of carbonyl (C=O) groups is 1. The first-order valence-corrected chi connectivity index (χ1v) is 23.5. The Kier molecular flexibility index (Phi) is 19.6. The predicted octanol–water partition coefficient (Wildman–Crippen LogP) is 13.6. The minimum absolute atomic E-state index is 0.0424. The number of ether oxygens (including phenoxy) is 3. The van der Waals surface area contributed by atoms with Gasteiger partial charge in [0.1, 0.15) is 22.8 Å². The smallest absolute Gasteiger partial charge is 0.338 e. The maximum absolute atomic E-state index is 14.4. The van der Waals surface area contributed by atoms with Crippen LogP contribution < -0.4 is 9.47 Å². The number of nitrogens with zero attached hydrogens (tertiary/aromatic N) is 1. The van der Waals surface area contributed by atoms with Crippen molar-refractivity contribution in [2.45, 2.75) is 168 Å². The average molecular weight is 848 g/mol. The molecule has 0 aliphatic carbocycles. The molecule has 0 radical (unpaired) electrons. The molecule has 0 heterocycles. The number of phenolic OH excluding ortho intramolecular Hbond substituents is 1. The van der Waals surface area contributed by atoms with Gasteiger partial charge in [-0.1, -0.05) is 162 Å². The summed E-state index contributed by atoms with van der Waals surface area (Å²) in [5.41, 5.74) is 2.57. The third-order valence-electron chi connectivity index (χ3n) is 11.7. The third kappa shape index (κ3) is 14.5. The van der Waals surface area contributed by atoms with E-state index in [9.17, 15) is 15.0 Å². The predicted molar refractivity (Wildman–Crippen MR) is 257 cm³/mol. The van der Waals surface area contributed by atoms with Crippen molar-refractivity contribution in [1.29, 1.82) is 0 Å². The topological polar surface area (TPSA) is 97.6 Å². The Labute approximate surface area is 374 Å². The molecule has 0 aliphatic heterocycles. The Hall–Kier alpha value is -4.62. The number of hydrogen-bond acceptors (Lipinski definition) is 7. The second-order valence-electron chi connectivity index (χ2n) is 18.9. The summed E-state index contributed by atoms with van der Waals surface area (Å²) < 4.78 is 18.8. The normalized spacial score (nSPS) is 12.7. The molecule has 0 amide bonds. The first kappa shape index (κ1) is 50.0. The van der Waals surface area contributed by atoms with Crippen molar-refractivity contribution in [3.05, 3.63) is 124 Å². The molecule has 0 aliphatic rings. The van der Waals surface area contributed by atoms with E-state index in [1.807, 2.05) is 42.5 Å². The van der Waals surface area contributed by atoms with Gasteiger partial charge in [-0.2, -0.15) is 0 Å². The van der Waals surface area contributed by atoms with Gasteiger partial charge in [0.25, 0.3) is 0 Å². The molecule has 0 fully saturated rings. The molecular formula is C55H77NO6. The summed E-state index contributed by atoms with van der Waals surface area (Å²) in [6.07, 6.45) is 15.5. The molecule has 62 heavy (non-hydrogen) atoms. The Balaban J connectivity index is 2.03. The fraction of sp³-hybridized carbons (Fsp3) is 0.527. The van der Waals surface area contributed by atoms with E-state index in [1.165, 1.54) is 44.6 Å². The summed E-state index contributed by atoms with van der Waals surface area (Å²) >= 11 is 0. The van der Waals surface area contributed by atoms with Crippen LogP contribution >= 0.6 is 0 Å². The average Bonchev–Trinajstić information content (AvgIpc) is 3.24. The molecular weight excluding hydrogens is 771 g/mol. The van der Waals surface area contributed by atoms with Crippen LogP contribution in [0.4, 0.5) is 0 Å². The molecule has 4 rings (SSSR count). The van der Waals surface area contributed by atoms with E-state index in [1.54, 1.807) is 25.3 Å². The highest BCUT2D eigenvalue weighted by Gasteiger charge is 2.46. The Morgan fingerprint density at radius 2 is 1.15 bits per heavy atom. The summed E-state index contributed by atoms with van der Waals surface area (Å²) in [5.74, 6) is 0.658. The zero-order valence-electron chi connectivity index (χ0n) is 39.5. The van der Waals surface area contributed by atoms with Crippen LogP contribution in [-0.2, 0) is 27.6 Å². The number of esters is 1. The van der Waals surface area contributed by atoms with Crippen molar-refractivity contribution in [2.24, 2.45) is 4.99 Å². The van der Waals surface area contributed by atoms with Crippen LogP contribution in [0.3, 0.4) is 0 Å². The number of benzene rings is 4. The number of carbonyl (C=O) groups excluding carboxylic acids is 1. The lowest BCUT2D eigenvalue weighted by Crippen LogP contribution is -2.42. The maximum atomic E-state index is 14.4. The zero-order valence-corrected chi connectivity index (χ0v) is 39.5. The zero-order chi connectivity index (χ0) is 45.2. The van der Waals surface area contributed by atoms with Crippen LogP contribution in [0.25, 0.3) is 0 Å². The summed E-state index contributed by atoms with van der Waals surface area (Å²) in [5, 5.41) is 25.5. The van der Waals surface area contributed by atoms with Crippen LogP contribution in [0.15, 0.2) is 89.9 Å². The van der Waals surface area contributed by atoms with Crippen molar-refractivity contribution in [2.75, 3.05) is 19.8 Å². The van der Waals surface area contributed by atoms with Gasteiger partial charge in [-0.15, -0.1) is 0 Å². The first-order chi connectivity index (χ1) is 29.6. The fourth-order valence-electron chi connectivity index (χ4n) is 7.79. The van der Waals surface area contributed by atoms with E-state index >= 15 is 0 Å². The van der Waals surface area contributed by atoms with Gasteiger partial charge >= 0.3 is 5.97 Å². The lowest BCUT2D eigenvalue weighted by Gasteiger charge is -2.39. The van der Waals surface area contributed by atoms with Crippen molar-refractivity contribution < 1.29 is 29.2 Å². The molecule has 0 saturated heterocycles. The van der Waals surface area contributed by atoms with E-state index in [0.717, 1.165) is 55.2 Å². The molecule has 4 aromatic rings. The van der Waals surface area contributed by atoms with Crippen molar-refractivity contribution in [1.82, 2.24) is 0 Å². The Morgan fingerprint density at radius 1 is 0.645 bits per heavy atom. The summed E-state index contributed by atoms with van der Waals surface area (Å²) in [6.45, 7) is 20.5. The van der Waals surface area contributed by atoms with Crippen LogP contribution in [0.5, 0.6) is 17.2 Å². The number of rotatable bonds is 25. The summed E-state index contributed by atoms with van der Waals surface area (Å²) in [6, 6.07) is 26.2. The monoisotopic (exact) mass is 848 g/mol. The van der Waals surface area contributed by atoms with Crippen molar-refractivity contribution in [3.63, 3.8) is 0 Å². The molecule has 2 N–H and O–H groups in total. The second-order valence-corrected chi connectivity index (χ2v) is 18.9. The van der Waals surface area contributed by atoms with Gasteiger partial charge in [-0.25, -0.2) is 4.79 Å². The highest BCUT2D eigenvalue weighted by Crippen LogP contribution is 2.47. The molecule has 0 aromatic heterocycles. The highest BCUT2D eigenvalue weighted by atomic mass is 16.5. The molecule has 338 valence electrons. The lowest BCUT2D eigenvalue weighted by molar-refractivity contribution is 0.0459. The van der Waals surface area contributed by atoms with Crippen LogP contribution in [0.1, 0.15) is 183 Å². The van der Waals surface area contributed by atoms with E-state index < -0.39 is 17.6 Å². The van der Waals surface area contributed by atoms with Crippen LogP contribution in [0, 0.1) is 0 Å². The number of unbranched alkanes of at least 4 members (excludes halogenated alkanes) is 10. The van der Waals surface area contributed by atoms with E-state index in [4.69, 9.17) is 19.2 Å². The van der Waals surface area contributed by atoms with Gasteiger partial charge in [-0.05, 0) is 96.2 Å². The van der Waals surface area contributed by atoms with E-state index in [0.29, 0.717) is 53.4 Å². The van der Waals surface area contributed by atoms with Gasteiger partial charge in [0, 0.05) is 22.9 Å². The number of hydrogen-bond donors (Lipinski definition) is 2. The lowest BCUT2D eigenvalue weighted by atomic mass is 9.73. The molecule has 1 unspecified atom stereocenters. The summed E-state index contributed by atoms with van der Waals surface area (Å²) in [7, 11) is 0. The number of phenols is 1. The maximum Gasteiger partial charge on any atom is 0.338 e. The molecule has 7 nitrogen and oxygen atoms in total. The standard InChI is InChI=1S/C55H77NO6/c1-10-13-15-17-19-24-34-61-49-32-29-44(53(4,5)6)38-46(49)55(59,47-39-45(54(7,8)9)30-33-50(47)62-35-25-20-18-16-14-11-2)51(36-41-26-22-21-23-27-41)56-40-43-37-42(28-31-48(43)57)52(58)60-12-3/h21-23,26-33,37-40,51,57,59H,10-20,24-25,34-36H2,1-9H3. The van der Waals surface area contributed by atoms with E-state index in [2.05, 4.69) is 79.7 Å². The fourth-order valence-corrected chi connectivity index (χ4v) is 7.79. The largest absolute Gasteiger partial charge is 0.507 e. The quantitative estimate of drug-likeness (QED) is 0.0392. The summed E-state index contributed by atoms with van der Waals surface area (Å²) in [4.78, 5) is 18.1. The number of aromatic hydroxyl groups is 1. The molecule has 7 heteroatoms. The van der Waals surface area contributed by atoms with Crippen molar-refractivity contribution >= 4 is 12.2 Å². The van der Waals surface area contributed by atoms with Gasteiger partial charge in [0.05, 0.1) is 31.4 Å². The molecule has 0 saturated carbocycles. The van der Waals surface area contributed by atoms with Gasteiger partial charge in [-0.3, -0.25) is 4.99 Å². The molecule has 1 atom stereocenters. The molecule has 4 aromatic carbocycles. The number of aliphatic hydroxyl groups is 1. The van der Waals surface area contributed by atoms with Gasteiger partial charge in [0.15, 0.2) is 0 Å². The SMILES string of the molecule is CCCCCCCCOc1ccc(C(C)(C)C)cc1C(O)(c1cc(C(C)(C)C)ccc1OCCCCCCCC)C(Cc1ccccc1)N=Cc1cc(C(=O)OCC)ccc1O. The van der Waals surface area contributed by atoms with Crippen LogP contribution in [-0.4, -0.2) is 48.3 Å². The van der Waals surface area contributed by atoms with Gasteiger partial charge in [0.2, 0.25) is 0 Å².